The van der Waals surface area contributed by atoms with Gasteiger partial charge in [-0.25, -0.2) is 0 Å². The average Bonchev–Trinajstić information content (AvgIpc) is 2.74. The van der Waals surface area contributed by atoms with E-state index in [0.29, 0.717) is 28.9 Å². The Kier molecular flexibility index (Phi) is 5.11. The quantitative estimate of drug-likeness (QED) is 0.536. The van der Waals surface area contributed by atoms with E-state index in [2.05, 4.69) is 0 Å². The fraction of sp³-hybridized carbons (Fsp3) is 0.240. The highest BCUT2D eigenvalue weighted by molar-refractivity contribution is 5.95. The first-order valence-corrected chi connectivity index (χ1v) is 9.99. The maximum Gasteiger partial charge on any atom is 0.204 e. The molecule has 4 rings (SSSR count). The highest BCUT2D eigenvalue weighted by Gasteiger charge is 2.32. The van der Waals surface area contributed by atoms with Gasteiger partial charge in [0.1, 0.15) is 40.1 Å². The summed E-state index contributed by atoms with van der Waals surface area (Å²) in [6.07, 6.45) is 7.11. The number of aromatic hydroxyl groups is 2. The van der Waals surface area contributed by atoms with Gasteiger partial charge in [0, 0.05) is 5.56 Å². The van der Waals surface area contributed by atoms with Crippen molar-refractivity contribution in [3.05, 3.63) is 69.6 Å². The number of rotatable bonds is 4. The van der Waals surface area contributed by atoms with Crippen LogP contribution in [-0.4, -0.2) is 27.5 Å². The van der Waals surface area contributed by atoms with Crippen LogP contribution >= 0.6 is 0 Å². The van der Waals surface area contributed by atoms with Gasteiger partial charge < -0.3 is 24.5 Å². The van der Waals surface area contributed by atoms with Crippen molar-refractivity contribution in [3.8, 4) is 28.4 Å². The van der Waals surface area contributed by atoms with E-state index in [1.807, 2.05) is 19.9 Å². The third-order valence-corrected chi connectivity index (χ3v) is 5.42. The van der Waals surface area contributed by atoms with Crippen molar-refractivity contribution in [1.29, 1.82) is 0 Å². The molecule has 0 fully saturated rings. The van der Waals surface area contributed by atoms with E-state index in [4.69, 9.17) is 9.15 Å². The lowest BCUT2D eigenvalue weighted by molar-refractivity contribution is 0.0631. The monoisotopic (exact) mass is 420 g/mol. The number of aliphatic hydroxyl groups is 1. The first kappa shape index (κ1) is 20.8. The minimum absolute atomic E-state index is 0.0716. The SMILES string of the molecule is CC(C)=CCc1c2c(c(O)c3c(=O)c(-c4ccc(O)cc4)coc13)C=C[C@](C)(CO)O2. The van der Waals surface area contributed by atoms with Gasteiger partial charge in [-0.1, -0.05) is 23.8 Å². The molecule has 2 aromatic carbocycles. The van der Waals surface area contributed by atoms with Gasteiger partial charge in [-0.15, -0.1) is 0 Å². The van der Waals surface area contributed by atoms with Crippen LogP contribution in [0.25, 0.3) is 28.2 Å². The fourth-order valence-corrected chi connectivity index (χ4v) is 3.63. The molecular weight excluding hydrogens is 396 g/mol. The lowest BCUT2D eigenvalue weighted by Gasteiger charge is -2.31. The number of ether oxygens (including phenoxy) is 1. The van der Waals surface area contributed by atoms with E-state index in [-0.39, 0.29) is 40.1 Å². The van der Waals surface area contributed by atoms with Crippen LogP contribution in [0, 0.1) is 0 Å². The van der Waals surface area contributed by atoms with Gasteiger partial charge in [0.15, 0.2) is 0 Å². The number of aliphatic hydroxyl groups excluding tert-OH is 1. The Morgan fingerprint density at radius 3 is 2.52 bits per heavy atom. The van der Waals surface area contributed by atoms with Gasteiger partial charge >= 0.3 is 0 Å². The van der Waals surface area contributed by atoms with Crippen LogP contribution in [0.1, 0.15) is 31.9 Å². The number of phenols is 2. The third-order valence-electron chi connectivity index (χ3n) is 5.42. The van der Waals surface area contributed by atoms with Gasteiger partial charge in [0.2, 0.25) is 5.43 Å². The van der Waals surface area contributed by atoms with Gasteiger partial charge in [0.05, 0.1) is 17.7 Å². The molecule has 0 spiro atoms. The van der Waals surface area contributed by atoms with Crippen molar-refractivity contribution in [2.24, 2.45) is 0 Å². The van der Waals surface area contributed by atoms with Crippen molar-refractivity contribution in [3.63, 3.8) is 0 Å². The van der Waals surface area contributed by atoms with Gasteiger partial charge in [-0.2, -0.15) is 0 Å². The first-order valence-electron chi connectivity index (χ1n) is 9.99. The molecule has 1 aromatic heterocycles. The Morgan fingerprint density at radius 1 is 1.16 bits per heavy atom. The van der Waals surface area contributed by atoms with Crippen LogP contribution in [0.2, 0.25) is 0 Å². The lowest BCUT2D eigenvalue weighted by atomic mass is 9.93. The molecule has 1 aliphatic rings. The summed E-state index contributed by atoms with van der Waals surface area (Å²) in [5, 5.41) is 30.4. The Bertz CT molecular complexity index is 1280. The highest BCUT2D eigenvalue weighted by atomic mass is 16.5. The zero-order valence-corrected chi connectivity index (χ0v) is 17.6. The molecule has 31 heavy (non-hydrogen) atoms. The Hall–Kier alpha value is -3.51. The number of phenolic OH excluding ortho intramolecular Hbond substituents is 2. The van der Waals surface area contributed by atoms with E-state index in [9.17, 15) is 20.1 Å². The highest BCUT2D eigenvalue weighted by Crippen LogP contribution is 2.45. The second-order valence-electron chi connectivity index (χ2n) is 8.19. The predicted octanol–water partition coefficient (Wildman–Crippen LogP) is 4.54. The Labute approximate surface area is 179 Å². The summed E-state index contributed by atoms with van der Waals surface area (Å²) >= 11 is 0. The average molecular weight is 420 g/mol. The number of benzene rings is 2. The molecule has 0 unspecified atom stereocenters. The number of hydrogen-bond donors (Lipinski definition) is 3. The number of fused-ring (bicyclic) bond motifs is 2. The van der Waals surface area contributed by atoms with Crippen LogP contribution in [0.15, 0.2) is 57.5 Å². The second-order valence-corrected chi connectivity index (χ2v) is 8.19. The van der Waals surface area contributed by atoms with E-state index in [1.165, 1.54) is 18.4 Å². The van der Waals surface area contributed by atoms with Gasteiger partial charge in [-0.3, -0.25) is 4.79 Å². The second kappa shape index (κ2) is 7.63. The first-order chi connectivity index (χ1) is 14.7. The normalized spacial score (nSPS) is 17.3. The van der Waals surface area contributed by atoms with Crippen molar-refractivity contribution in [2.75, 3.05) is 6.61 Å². The van der Waals surface area contributed by atoms with Crippen molar-refractivity contribution in [1.82, 2.24) is 0 Å². The van der Waals surface area contributed by atoms with Crippen molar-refractivity contribution in [2.45, 2.75) is 32.8 Å². The molecule has 3 aromatic rings. The molecule has 0 amide bonds. The van der Waals surface area contributed by atoms with Crippen LogP contribution in [0.5, 0.6) is 17.2 Å². The van der Waals surface area contributed by atoms with Crippen LogP contribution in [0.4, 0.5) is 0 Å². The van der Waals surface area contributed by atoms with Crippen LogP contribution in [0.3, 0.4) is 0 Å². The molecule has 0 aliphatic carbocycles. The van der Waals surface area contributed by atoms with Crippen molar-refractivity contribution < 1.29 is 24.5 Å². The minimum Gasteiger partial charge on any atom is -0.508 e. The molecular formula is C25H24O6. The topological polar surface area (TPSA) is 100 Å². The summed E-state index contributed by atoms with van der Waals surface area (Å²) in [5.74, 6) is 0.253. The van der Waals surface area contributed by atoms with Gasteiger partial charge in [0.25, 0.3) is 0 Å². The van der Waals surface area contributed by atoms with E-state index < -0.39 is 5.60 Å². The Morgan fingerprint density at radius 2 is 1.87 bits per heavy atom. The van der Waals surface area contributed by atoms with E-state index in [1.54, 1.807) is 31.2 Å². The molecule has 3 N–H and O–H groups in total. The number of hydrogen-bond acceptors (Lipinski definition) is 6. The molecule has 2 heterocycles. The summed E-state index contributed by atoms with van der Waals surface area (Å²) in [7, 11) is 0. The Balaban J connectivity index is 2.04. The molecule has 0 radical (unpaired) electrons. The summed E-state index contributed by atoms with van der Waals surface area (Å²) < 4.78 is 12.0. The zero-order chi connectivity index (χ0) is 22.3. The summed E-state index contributed by atoms with van der Waals surface area (Å²) in [6.45, 7) is 5.43. The molecule has 0 bridgehead atoms. The van der Waals surface area contributed by atoms with E-state index >= 15 is 0 Å². The molecule has 160 valence electrons. The fourth-order valence-electron chi connectivity index (χ4n) is 3.63. The molecule has 0 saturated carbocycles. The van der Waals surface area contributed by atoms with Crippen LogP contribution < -0.4 is 10.2 Å². The van der Waals surface area contributed by atoms with E-state index in [0.717, 1.165) is 5.57 Å². The maximum absolute atomic E-state index is 13.4. The molecule has 6 nitrogen and oxygen atoms in total. The molecule has 0 saturated heterocycles. The molecule has 1 atom stereocenters. The summed E-state index contributed by atoms with van der Waals surface area (Å²) in [4.78, 5) is 13.4. The summed E-state index contributed by atoms with van der Waals surface area (Å²) in [6, 6.07) is 6.20. The standard InChI is InChI=1S/C25H24O6/c1-14(2)4-9-18-23-17(10-11-25(3,13-26)31-23)21(28)20-22(29)19(12-30-24(18)20)15-5-7-16(27)8-6-15/h4-8,10-12,26-28H,9,13H2,1-3H3/t25-/m1/s1. The molecule has 6 heteroatoms. The van der Waals surface area contributed by atoms with Crippen molar-refractivity contribution >= 4 is 17.0 Å². The van der Waals surface area contributed by atoms with Crippen LogP contribution in [-0.2, 0) is 6.42 Å². The third kappa shape index (κ3) is 3.59. The smallest absolute Gasteiger partial charge is 0.204 e. The number of allylic oxidation sites excluding steroid dienone is 2. The largest absolute Gasteiger partial charge is 0.508 e. The predicted molar refractivity (Wildman–Crippen MR) is 120 cm³/mol. The van der Waals surface area contributed by atoms with Gasteiger partial charge in [-0.05, 0) is 57.0 Å². The lowest BCUT2D eigenvalue weighted by Crippen LogP contribution is -2.36. The minimum atomic E-state index is -0.945. The summed E-state index contributed by atoms with van der Waals surface area (Å²) in [5.41, 5.74) is 1.85. The maximum atomic E-state index is 13.4. The zero-order valence-electron chi connectivity index (χ0n) is 17.6. The molecule has 1 aliphatic heterocycles.